The van der Waals surface area contributed by atoms with Gasteiger partial charge in [0.2, 0.25) is 0 Å². The highest BCUT2D eigenvalue weighted by molar-refractivity contribution is 5.66. The fourth-order valence-corrected chi connectivity index (χ4v) is 3.67. The minimum atomic E-state index is -0.786. The van der Waals surface area contributed by atoms with Gasteiger partial charge in [0.1, 0.15) is 12.2 Å². The Balaban J connectivity index is 1.77. The molecule has 0 aromatic rings. The lowest BCUT2D eigenvalue weighted by atomic mass is 9.89. The van der Waals surface area contributed by atoms with Crippen molar-refractivity contribution in [1.29, 1.82) is 0 Å². The van der Waals surface area contributed by atoms with Crippen LogP contribution in [0.1, 0.15) is 51.9 Å². The van der Waals surface area contributed by atoms with Crippen molar-refractivity contribution in [3.05, 3.63) is 48.6 Å². The van der Waals surface area contributed by atoms with E-state index in [9.17, 15) is 10.1 Å². The van der Waals surface area contributed by atoms with Crippen molar-refractivity contribution in [1.82, 2.24) is 0 Å². The van der Waals surface area contributed by atoms with Gasteiger partial charge in [-0.25, -0.2) is 14.7 Å². The number of carbonyl (C=O) groups is 1. The highest BCUT2D eigenvalue weighted by Gasteiger charge is 2.49. The Morgan fingerprint density at radius 2 is 1.93 bits per heavy atom. The van der Waals surface area contributed by atoms with E-state index in [-0.39, 0.29) is 24.5 Å². The monoisotopic (exact) mass is 392 g/mol. The molecule has 0 amide bonds. The Kier molecular flexibility index (Phi) is 10.2. The minimum Gasteiger partial charge on any atom is -0.481 e. The molecule has 2 fully saturated rings. The van der Waals surface area contributed by atoms with E-state index in [0.29, 0.717) is 18.8 Å². The summed E-state index contributed by atoms with van der Waals surface area (Å²) < 4.78 is 0. The maximum Gasteiger partial charge on any atom is 0.303 e. The fourth-order valence-electron chi connectivity index (χ4n) is 3.67. The first kappa shape index (κ1) is 22.6. The maximum atomic E-state index is 10.4. The van der Waals surface area contributed by atoms with E-state index in [1.807, 2.05) is 30.4 Å². The number of fused-ring (bicyclic) bond motifs is 2. The highest BCUT2D eigenvalue weighted by atomic mass is 17.2. The molecular formula is C22H32O6. The van der Waals surface area contributed by atoms with Crippen molar-refractivity contribution >= 4 is 5.97 Å². The van der Waals surface area contributed by atoms with E-state index < -0.39 is 12.1 Å². The molecule has 1 aliphatic carbocycles. The number of carboxylic acids is 1. The van der Waals surface area contributed by atoms with Crippen LogP contribution in [0.25, 0.3) is 0 Å². The maximum absolute atomic E-state index is 10.4. The zero-order valence-electron chi connectivity index (χ0n) is 16.5. The van der Waals surface area contributed by atoms with Crippen LogP contribution >= 0.6 is 0 Å². The summed E-state index contributed by atoms with van der Waals surface area (Å²) in [4.78, 5) is 25.8. The predicted molar refractivity (Wildman–Crippen MR) is 106 cm³/mol. The molecule has 2 aliphatic rings. The molecule has 1 saturated carbocycles. The van der Waals surface area contributed by atoms with Crippen molar-refractivity contribution in [2.75, 3.05) is 0 Å². The molecule has 0 aromatic heterocycles. The normalized spacial score (nSPS) is 28.5. The van der Waals surface area contributed by atoms with E-state index in [4.69, 9.17) is 14.9 Å². The van der Waals surface area contributed by atoms with Gasteiger partial charge in [-0.15, -0.1) is 0 Å². The fraction of sp³-hybridized carbons (Fsp3) is 0.591. The molecule has 0 aromatic carbocycles. The average molecular weight is 392 g/mol. The summed E-state index contributed by atoms with van der Waals surface area (Å²) in [6, 6.07) is 0. The Bertz CT molecular complexity index is 580. The van der Waals surface area contributed by atoms with E-state index in [1.165, 1.54) is 0 Å². The van der Waals surface area contributed by atoms with Crippen molar-refractivity contribution in [3.8, 4) is 0 Å². The van der Waals surface area contributed by atoms with Crippen molar-refractivity contribution in [2.45, 2.75) is 70.2 Å². The van der Waals surface area contributed by atoms with Gasteiger partial charge in [-0.1, -0.05) is 55.5 Å². The number of hydrogen-bond acceptors (Lipinski definition) is 5. The third-order valence-electron chi connectivity index (χ3n) is 5.16. The quantitative estimate of drug-likeness (QED) is 0.265. The number of allylic oxidation sites excluding steroid dienone is 5. The zero-order chi connectivity index (χ0) is 20.2. The van der Waals surface area contributed by atoms with E-state index in [0.717, 1.165) is 25.7 Å². The minimum absolute atomic E-state index is 0.0760. The van der Waals surface area contributed by atoms with Crippen LogP contribution < -0.4 is 0 Å². The van der Waals surface area contributed by atoms with Gasteiger partial charge >= 0.3 is 5.97 Å². The molecule has 156 valence electrons. The van der Waals surface area contributed by atoms with Crippen LogP contribution in [-0.4, -0.2) is 34.6 Å². The summed E-state index contributed by atoms with van der Waals surface area (Å²) in [5.74, 6) is -0.131. The van der Waals surface area contributed by atoms with E-state index in [2.05, 4.69) is 30.0 Å². The summed E-state index contributed by atoms with van der Waals surface area (Å²) >= 11 is 0. The molecule has 0 spiro atoms. The molecule has 6 nitrogen and oxygen atoms in total. The van der Waals surface area contributed by atoms with Crippen LogP contribution in [0.4, 0.5) is 0 Å². The van der Waals surface area contributed by atoms with Gasteiger partial charge in [-0.3, -0.25) is 10.1 Å². The van der Waals surface area contributed by atoms with Crippen LogP contribution in [0.15, 0.2) is 48.6 Å². The first-order valence-corrected chi connectivity index (χ1v) is 10.1. The predicted octanol–water partition coefficient (Wildman–Crippen LogP) is 4.85. The van der Waals surface area contributed by atoms with Gasteiger partial charge < -0.3 is 5.11 Å². The number of hydrogen-bond donors (Lipinski definition) is 2. The van der Waals surface area contributed by atoms with Crippen LogP contribution in [0.5, 0.6) is 0 Å². The molecular weight excluding hydrogens is 360 g/mol. The van der Waals surface area contributed by atoms with E-state index in [1.54, 1.807) is 0 Å². The zero-order valence-corrected chi connectivity index (χ0v) is 16.5. The van der Waals surface area contributed by atoms with Crippen molar-refractivity contribution in [3.63, 3.8) is 0 Å². The van der Waals surface area contributed by atoms with Gasteiger partial charge in [-0.05, 0) is 32.1 Å². The van der Waals surface area contributed by atoms with Crippen molar-refractivity contribution in [2.24, 2.45) is 11.8 Å². The molecule has 6 heteroatoms. The average Bonchev–Trinajstić information content (AvgIpc) is 3.28. The summed E-state index contributed by atoms with van der Waals surface area (Å²) in [7, 11) is 0. The van der Waals surface area contributed by atoms with Crippen LogP contribution in [0, 0.1) is 11.8 Å². The molecule has 28 heavy (non-hydrogen) atoms. The first-order chi connectivity index (χ1) is 13.7. The molecule has 0 unspecified atom stereocenters. The van der Waals surface area contributed by atoms with Gasteiger partial charge in [0, 0.05) is 24.7 Å². The molecule has 2 bridgehead atoms. The molecule has 5 atom stereocenters. The molecule has 2 N–H and O–H groups in total. The van der Waals surface area contributed by atoms with Gasteiger partial charge in [0.15, 0.2) is 0 Å². The summed E-state index contributed by atoms with van der Waals surface area (Å²) in [5, 5.41) is 17.7. The Morgan fingerprint density at radius 1 is 1.14 bits per heavy atom. The molecule has 1 heterocycles. The van der Waals surface area contributed by atoms with Gasteiger partial charge in [0.25, 0.3) is 0 Å². The number of carboxylic acid groups (broad SMARTS) is 1. The second kappa shape index (κ2) is 12.7. The summed E-state index contributed by atoms with van der Waals surface area (Å²) in [5.41, 5.74) is 0. The summed E-state index contributed by atoms with van der Waals surface area (Å²) in [6.07, 6.45) is 20.8. The van der Waals surface area contributed by atoms with Gasteiger partial charge in [-0.2, -0.15) is 0 Å². The smallest absolute Gasteiger partial charge is 0.303 e. The highest BCUT2D eigenvalue weighted by Crippen LogP contribution is 2.44. The largest absolute Gasteiger partial charge is 0.481 e. The third-order valence-corrected chi connectivity index (χ3v) is 5.16. The second-order valence-electron chi connectivity index (χ2n) is 7.24. The topological polar surface area (TPSA) is 85.2 Å². The molecule has 2 rings (SSSR count). The SMILES string of the molecule is CC/C=C\C[C@@H]1[C@H](/C=C/[C@H](C/C=C\C/C=C\CCC(=O)O)OO)[C@@H]2C[C@H]1OO2. The lowest BCUT2D eigenvalue weighted by Crippen LogP contribution is -2.28. The molecule has 0 radical (unpaired) electrons. The number of rotatable bonds is 13. The first-order valence-electron chi connectivity index (χ1n) is 10.1. The third kappa shape index (κ3) is 7.36. The van der Waals surface area contributed by atoms with E-state index >= 15 is 0 Å². The van der Waals surface area contributed by atoms with Crippen molar-refractivity contribution < 1.29 is 29.8 Å². The Morgan fingerprint density at radius 3 is 2.68 bits per heavy atom. The van der Waals surface area contributed by atoms with Gasteiger partial charge in [0.05, 0.1) is 6.10 Å². The Labute approximate surface area is 167 Å². The van der Waals surface area contributed by atoms with Crippen LogP contribution in [-0.2, 0) is 19.5 Å². The number of aliphatic carboxylic acids is 1. The molecule has 1 saturated heterocycles. The van der Waals surface area contributed by atoms with Crippen LogP contribution in [0.2, 0.25) is 0 Å². The Hall–Kier alpha value is -1.73. The lowest BCUT2D eigenvalue weighted by Gasteiger charge is -2.27. The summed E-state index contributed by atoms with van der Waals surface area (Å²) in [6.45, 7) is 2.12. The standard InChI is InChI=1S/C22H32O6/c1-2-3-8-12-18-19(21-16-20(18)27-28-21)15-14-17(26-25)11-9-6-4-5-7-10-13-22(23)24/h3,5-9,14-15,17-21,25H,2,4,10-13,16H2,1H3,(H,23,24)/b7-5-,8-3-,9-6-,15-14+/t17-,18+,19-,20+,21-/m0/s1. The lowest BCUT2D eigenvalue weighted by molar-refractivity contribution is -0.336. The molecule has 1 aliphatic heterocycles. The second-order valence-corrected chi connectivity index (χ2v) is 7.24. The van der Waals surface area contributed by atoms with Crippen LogP contribution in [0.3, 0.4) is 0 Å².